The molecule has 4 rings (SSSR count). The number of rotatable bonds is 4. The first-order valence-corrected chi connectivity index (χ1v) is 10.1. The van der Waals surface area contributed by atoms with E-state index in [1.807, 2.05) is 48.6 Å². The standard InChI is InChI=1S/C21H16ClN5OS/c1-12-9-19-25-26-21(27(19)18-6-4-3-5-16(12)18)29-13(2)20(28)24-15-8-7-14(11-23)17(22)10-15/h3-10,13H,1-2H3,(H,24,28). The first-order valence-electron chi connectivity index (χ1n) is 8.88. The van der Waals surface area contributed by atoms with Crippen LogP contribution in [0.1, 0.15) is 18.1 Å². The van der Waals surface area contributed by atoms with Gasteiger partial charge in [0, 0.05) is 11.1 Å². The van der Waals surface area contributed by atoms with Crippen LogP contribution in [0.4, 0.5) is 5.69 Å². The third-order valence-corrected chi connectivity index (χ3v) is 5.94. The Balaban J connectivity index is 1.60. The summed E-state index contributed by atoms with van der Waals surface area (Å²) in [6.45, 7) is 3.85. The Morgan fingerprint density at radius 1 is 1.24 bits per heavy atom. The van der Waals surface area contributed by atoms with E-state index in [2.05, 4.69) is 21.6 Å². The number of nitrogens with zero attached hydrogens (tertiary/aromatic N) is 4. The number of nitriles is 1. The molecule has 0 saturated carbocycles. The van der Waals surface area contributed by atoms with Crippen molar-refractivity contribution in [1.82, 2.24) is 14.6 Å². The fourth-order valence-electron chi connectivity index (χ4n) is 3.09. The largest absolute Gasteiger partial charge is 0.325 e. The van der Waals surface area contributed by atoms with Crippen molar-refractivity contribution in [3.63, 3.8) is 0 Å². The Labute approximate surface area is 176 Å². The molecule has 6 nitrogen and oxygen atoms in total. The number of para-hydroxylation sites is 1. The molecule has 144 valence electrons. The maximum absolute atomic E-state index is 12.7. The molecule has 4 aromatic rings. The van der Waals surface area contributed by atoms with Crippen LogP contribution in [-0.4, -0.2) is 25.8 Å². The predicted octanol–water partition coefficient (Wildman–Crippen LogP) is 4.84. The van der Waals surface area contributed by atoms with Gasteiger partial charge in [0.2, 0.25) is 5.91 Å². The van der Waals surface area contributed by atoms with Crippen LogP contribution in [0.3, 0.4) is 0 Å². The number of amides is 1. The van der Waals surface area contributed by atoms with E-state index in [9.17, 15) is 4.79 Å². The van der Waals surface area contributed by atoms with E-state index >= 15 is 0 Å². The average molecular weight is 422 g/mol. The number of hydrogen-bond acceptors (Lipinski definition) is 5. The van der Waals surface area contributed by atoms with Crippen molar-refractivity contribution >= 4 is 51.5 Å². The molecule has 0 fully saturated rings. The first kappa shape index (κ1) is 19.2. The van der Waals surface area contributed by atoms with E-state index in [0.717, 1.165) is 22.1 Å². The second-order valence-corrected chi connectivity index (χ2v) is 8.29. The van der Waals surface area contributed by atoms with Gasteiger partial charge in [-0.2, -0.15) is 5.26 Å². The monoisotopic (exact) mass is 421 g/mol. The van der Waals surface area contributed by atoms with Gasteiger partial charge in [0.05, 0.1) is 21.4 Å². The molecule has 2 heterocycles. The van der Waals surface area contributed by atoms with E-state index in [1.54, 1.807) is 18.2 Å². The summed E-state index contributed by atoms with van der Waals surface area (Å²) in [6, 6.07) is 16.8. The van der Waals surface area contributed by atoms with Crippen molar-refractivity contribution in [3.05, 3.63) is 64.7 Å². The summed E-state index contributed by atoms with van der Waals surface area (Å²) in [5.41, 5.74) is 3.78. The number of hydrogen-bond donors (Lipinski definition) is 1. The predicted molar refractivity (Wildman–Crippen MR) is 115 cm³/mol. The van der Waals surface area contributed by atoms with Gasteiger partial charge in [-0.25, -0.2) is 0 Å². The van der Waals surface area contributed by atoms with Gasteiger partial charge in [0.15, 0.2) is 10.8 Å². The first-order chi connectivity index (χ1) is 14.0. The molecule has 1 unspecified atom stereocenters. The van der Waals surface area contributed by atoms with Gasteiger partial charge in [0.1, 0.15) is 6.07 Å². The second-order valence-electron chi connectivity index (χ2n) is 6.58. The zero-order valence-corrected chi connectivity index (χ0v) is 17.3. The summed E-state index contributed by atoms with van der Waals surface area (Å²) < 4.78 is 1.97. The molecule has 0 bridgehead atoms. The number of aromatic nitrogens is 3. The van der Waals surface area contributed by atoms with Crippen molar-refractivity contribution in [2.45, 2.75) is 24.3 Å². The van der Waals surface area contributed by atoms with Crippen LogP contribution in [0.2, 0.25) is 5.02 Å². The zero-order chi connectivity index (χ0) is 20.5. The number of benzene rings is 2. The van der Waals surface area contributed by atoms with E-state index in [-0.39, 0.29) is 5.91 Å². The Hall–Kier alpha value is -3.08. The number of fused-ring (bicyclic) bond motifs is 3. The van der Waals surface area contributed by atoms with Gasteiger partial charge < -0.3 is 5.32 Å². The van der Waals surface area contributed by atoms with Crippen molar-refractivity contribution in [2.75, 3.05) is 5.32 Å². The molecule has 0 radical (unpaired) electrons. The van der Waals surface area contributed by atoms with Gasteiger partial charge in [-0.05, 0) is 49.7 Å². The topological polar surface area (TPSA) is 83.1 Å². The van der Waals surface area contributed by atoms with E-state index in [1.165, 1.54) is 11.8 Å². The Morgan fingerprint density at radius 2 is 2.03 bits per heavy atom. The molecule has 1 atom stereocenters. The second kappa shape index (κ2) is 7.74. The van der Waals surface area contributed by atoms with Crippen LogP contribution >= 0.6 is 23.4 Å². The van der Waals surface area contributed by atoms with Gasteiger partial charge in [0.25, 0.3) is 0 Å². The molecular formula is C21H16ClN5OS. The Morgan fingerprint density at radius 3 is 2.79 bits per heavy atom. The van der Waals surface area contributed by atoms with Crippen molar-refractivity contribution in [2.24, 2.45) is 0 Å². The highest BCUT2D eigenvalue weighted by molar-refractivity contribution is 8.00. The molecule has 8 heteroatoms. The zero-order valence-electron chi connectivity index (χ0n) is 15.7. The third-order valence-electron chi connectivity index (χ3n) is 4.58. The summed E-state index contributed by atoms with van der Waals surface area (Å²) in [4.78, 5) is 12.7. The maximum Gasteiger partial charge on any atom is 0.237 e. The minimum Gasteiger partial charge on any atom is -0.325 e. The quantitative estimate of drug-likeness (QED) is 0.477. The molecule has 0 aliphatic carbocycles. The summed E-state index contributed by atoms with van der Waals surface area (Å²) >= 11 is 7.37. The van der Waals surface area contributed by atoms with Crippen molar-refractivity contribution in [1.29, 1.82) is 5.26 Å². The highest BCUT2D eigenvalue weighted by Gasteiger charge is 2.20. The van der Waals surface area contributed by atoms with Crippen LogP contribution in [0, 0.1) is 18.3 Å². The Bertz CT molecular complexity index is 1290. The third kappa shape index (κ3) is 3.65. The van der Waals surface area contributed by atoms with Gasteiger partial charge in [-0.3, -0.25) is 9.20 Å². The SMILES string of the molecule is Cc1cc2nnc(SC(C)C(=O)Nc3ccc(C#N)c(Cl)c3)n2c2ccccc12. The van der Waals surface area contributed by atoms with Gasteiger partial charge in [-0.15, -0.1) is 10.2 Å². The summed E-state index contributed by atoms with van der Waals surface area (Å²) in [6.07, 6.45) is 0. The van der Waals surface area contributed by atoms with E-state index < -0.39 is 5.25 Å². The molecule has 1 amide bonds. The minimum atomic E-state index is -0.420. The highest BCUT2D eigenvalue weighted by Crippen LogP contribution is 2.28. The number of aryl methyl sites for hydroxylation is 1. The summed E-state index contributed by atoms with van der Waals surface area (Å²) in [5.74, 6) is -0.191. The number of thioether (sulfide) groups is 1. The van der Waals surface area contributed by atoms with Crippen LogP contribution < -0.4 is 5.32 Å². The Kier molecular flexibility index (Phi) is 5.14. The van der Waals surface area contributed by atoms with Crippen molar-refractivity contribution < 1.29 is 4.79 Å². The van der Waals surface area contributed by atoms with Gasteiger partial charge in [-0.1, -0.05) is 41.6 Å². The lowest BCUT2D eigenvalue weighted by Crippen LogP contribution is -2.22. The average Bonchev–Trinajstić information content (AvgIpc) is 3.10. The number of pyridine rings is 1. The highest BCUT2D eigenvalue weighted by atomic mass is 35.5. The number of anilines is 1. The van der Waals surface area contributed by atoms with Crippen LogP contribution in [0.5, 0.6) is 0 Å². The minimum absolute atomic E-state index is 0.191. The van der Waals surface area contributed by atoms with E-state index in [0.29, 0.717) is 21.4 Å². The lowest BCUT2D eigenvalue weighted by molar-refractivity contribution is -0.115. The number of carbonyl (C=O) groups is 1. The molecule has 29 heavy (non-hydrogen) atoms. The smallest absolute Gasteiger partial charge is 0.237 e. The van der Waals surface area contributed by atoms with Crippen molar-refractivity contribution in [3.8, 4) is 6.07 Å². The van der Waals surface area contributed by atoms with Crippen LogP contribution in [-0.2, 0) is 4.79 Å². The molecule has 0 saturated heterocycles. The number of nitrogens with one attached hydrogen (secondary N) is 1. The number of halogens is 1. The molecular weight excluding hydrogens is 406 g/mol. The number of carbonyl (C=O) groups excluding carboxylic acids is 1. The fraction of sp³-hybridized carbons (Fsp3) is 0.143. The molecule has 2 aromatic carbocycles. The fourth-order valence-corrected chi connectivity index (χ4v) is 4.18. The molecule has 0 aliphatic heterocycles. The van der Waals surface area contributed by atoms with Gasteiger partial charge >= 0.3 is 0 Å². The van der Waals surface area contributed by atoms with Crippen LogP contribution in [0.15, 0.2) is 53.7 Å². The molecule has 2 aromatic heterocycles. The molecule has 0 aliphatic rings. The lowest BCUT2D eigenvalue weighted by Gasteiger charge is -2.12. The van der Waals surface area contributed by atoms with E-state index in [4.69, 9.17) is 16.9 Å². The lowest BCUT2D eigenvalue weighted by atomic mass is 10.1. The summed E-state index contributed by atoms with van der Waals surface area (Å²) in [5, 5.41) is 22.0. The molecule has 1 N–H and O–H groups in total. The maximum atomic E-state index is 12.7. The molecule has 0 spiro atoms. The summed E-state index contributed by atoms with van der Waals surface area (Å²) in [7, 11) is 0. The van der Waals surface area contributed by atoms with Crippen LogP contribution in [0.25, 0.3) is 16.6 Å². The normalized spacial score (nSPS) is 12.1.